The molecule has 0 aliphatic rings. The molecule has 0 saturated carbocycles. The molecule has 21 heteroatoms. The summed E-state index contributed by atoms with van der Waals surface area (Å²) in [6, 6.07) is 3.43. The molecular weight excluding hydrogens is 756 g/mol. The Labute approximate surface area is 338 Å². The summed E-state index contributed by atoms with van der Waals surface area (Å²) in [6.07, 6.45) is 3.45. The Balaban J connectivity index is 2.63. The maximum absolute atomic E-state index is 13.1. The minimum Gasteiger partial charge on any atom is -0.398 e. The minimum atomic E-state index is -1.20. The molecule has 21 nitrogen and oxygen atoms in total. The molecule has 58 heavy (non-hydrogen) atoms. The van der Waals surface area contributed by atoms with Gasteiger partial charge < -0.3 is 65.5 Å². The van der Waals surface area contributed by atoms with Gasteiger partial charge >= 0.3 is 0 Å². The molecule has 0 spiro atoms. The highest BCUT2D eigenvalue weighted by atomic mass is 16.2. The number of hydrogen-bond donors (Lipinski definition) is 12. The second kappa shape index (κ2) is 28.5. The van der Waals surface area contributed by atoms with Gasteiger partial charge in [-0.05, 0) is 69.5 Å². The molecule has 324 valence electrons. The molecule has 1 rings (SSSR count). The molecule has 0 bridgehead atoms. The van der Waals surface area contributed by atoms with E-state index < -0.39 is 85.7 Å². The molecule has 16 N–H and O–H groups in total. The van der Waals surface area contributed by atoms with Gasteiger partial charge in [0.25, 0.3) is 5.91 Å². The van der Waals surface area contributed by atoms with Gasteiger partial charge in [-0.3, -0.25) is 43.2 Å². The molecule has 9 amide bonds. The second-order valence-corrected chi connectivity index (χ2v) is 13.6. The van der Waals surface area contributed by atoms with Crippen LogP contribution in [-0.4, -0.2) is 117 Å². The van der Waals surface area contributed by atoms with E-state index in [1.54, 1.807) is 31.2 Å². The van der Waals surface area contributed by atoms with Crippen LogP contribution in [0.3, 0.4) is 0 Å². The van der Waals surface area contributed by atoms with Crippen LogP contribution in [0.4, 0.5) is 5.69 Å². The van der Waals surface area contributed by atoms with Crippen LogP contribution in [0.2, 0.25) is 0 Å². The van der Waals surface area contributed by atoms with Gasteiger partial charge in [-0.15, -0.1) is 0 Å². The van der Waals surface area contributed by atoms with Crippen molar-refractivity contribution in [2.75, 3.05) is 51.5 Å². The number of carbonyl (C=O) groups excluding carboxylic acids is 9. The van der Waals surface area contributed by atoms with E-state index in [2.05, 4.69) is 42.5 Å². The number of amides is 9. The van der Waals surface area contributed by atoms with Crippen molar-refractivity contribution < 1.29 is 43.2 Å². The lowest BCUT2D eigenvalue weighted by Gasteiger charge is -2.24. The Morgan fingerprint density at radius 1 is 0.621 bits per heavy atom. The Kier molecular flexibility index (Phi) is 24.7. The molecule has 0 heterocycles. The second-order valence-electron chi connectivity index (χ2n) is 13.6. The molecule has 4 unspecified atom stereocenters. The van der Waals surface area contributed by atoms with Crippen LogP contribution >= 0.6 is 0 Å². The van der Waals surface area contributed by atoms with Crippen LogP contribution in [0.25, 0.3) is 0 Å². The van der Waals surface area contributed by atoms with E-state index in [0.717, 1.165) is 6.42 Å². The van der Waals surface area contributed by atoms with Crippen molar-refractivity contribution in [3.05, 3.63) is 29.8 Å². The summed E-state index contributed by atoms with van der Waals surface area (Å²) < 4.78 is 0. The van der Waals surface area contributed by atoms with Gasteiger partial charge in [-0.25, -0.2) is 0 Å². The first-order valence-electron chi connectivity index (χ1n) is 19.4. The molecule has 1 aromatic carbocycles. The molecule has 0 aliphatic heterocycles. The Morgan fingerprint density at radius 3 is 1.78 bits per heavy atom. The molecule has 4 atom stereocenters. The average molecular weight is 819 g/mol. The Bertz CT molecular complexity index is 1540. The topological polar surface area (TPSA) is 354 Å². The van der Waals surface area contributed by atoms with Gasteiger partial charge in [0, 0.05) is 25.2 Å². The number of carbonyl (C=O) groups is 9. The van der Waals surface area contributed by atoms with E-state index in [1.807, 2.05) is 6.92 Å². The Hall–Kier alpha value is -5.83. The first-order chi connectivity index (χ1) is 27.6. The van der Waals surface area contributed by atoms with E-state index in [-0.39, 0.29) is 37.0 Å². The number of nitrogens with one attached hydrogen (secondary N) is 8. The lowest BCUT2D eigenvalue weighted by molar-refractivity contribution is -0.133. The van der Waals surface area contributed by atoms with Crippen LogP contribution in [0.5, 0.6) is 0 Å². The van der Waals surface area contributed by atoms with Crippen LogP contribution < -0.4 is 65.5 Å². The summed E-state index contributed by atoms with van der Waals surface area (Å²) in [7, 11) is 0. The van der Waals surface area contributed by atoms with E-state index in [4.69, 9.17) is 22.9 Å². The molecule has 0 radical (unpaired) electrons. The third-order valence-electron chi connectivity index (χ3n) is 8.86. The number of nitrogen functional groups attached to an aromatic ring is 1. The zero-order chi connectivity index (χ0) is 43.5. The monoisotopic (exact) mass is 818 g/mol. The number of para-hydroxylation sites is 1. The predicted octanol–water partition coefficient (Wildman–Crippen LogP) is -3.51. The lowest BCUT2D eigenvalue weighted by Crippen LogP contribution is -2.55. The maximum Gasteiger partial charge on any atom is 0.253 e. The van der Waals surface area contributed by atoms with Crippen molar-refractivity contribution in [1.29, 1.82) is 0 Å². The van der Waals surface area contributed by atoms with Gasteiger partial charge in [-0.2, -0.15) is 0 Å². The minimum absolute atomic E-state index is 0.101. The van der Waals surface area contributed by atoms with Crippen molar-refractivity contribution >= 4 is 58.9 Å². The highest BCUT2D eigenvalue weighted by Gasteiger charge is 2.28. The van der Waals surface area contributed by atoms with Crippen molar-refractivity contribution in [2.24, 2.45) is 23.1 Å². The van der Waals surface area contributed by atoms with Crippen molar-refractivity contribution in [2.45, 2.75) is 89.8 Å². The largest absolute Gasteiger partial charge is 0.398 e. The number of nitrogens with two attached hydrogens (primary N) is 4. The number of primary amides is 1. The summed E-state index contributed by atoms with van der Waals surface area (Å²) in [5.74, 6) is -5.90. The average Bonchev–Trinajstić information content (AvgIpc) is 3.20. The lowest BCUT2D eigenvalue weighted by atomic mass is 9.98. The highest BCUT2D eigenvalue weighted by molar-refractivity contribution is 5.99. The third-order valence-corrected chi connectivity index (χ3v) is 8.86. The fourth-order valence-electron chi connectivity index (χ4n) is 5.34. The summed E-state index contributed by atoms with van der Waals surface area (Å²) >= 11 is 0. The normalized spacial score (nSPS) is 12.7. The standard InChI is InChI=1S/C37H62N12O9/c1-3-23(2)33(37(58)44-20-28(41)50)49-32(54)22-46-35(56)26(13-7-8-16-38)48-31(53)21-45-36(57)27(47-30(52)19-39)14-15-29(51)42-17-9-4-10-18-43-34(55)24-11-5-6-12-25(24)40/h5-6,11-12,23,26-27,33H,3-4,7-10,13-22,38-40H2,1-2H3,(H2,41,50)(H,42,51)(H,43,55)(H,44,58)(H,45,57)(H,46,56)(H,47,52)(H,48,53)(H,49,54). The smallest absolute Gasteiger partial charge is 0.253 e. The van der Waals surface area contributed by atoms with E-state index in [0.29, 0.717) is 63.0 Å². The molecule has 0 aliphatic carbocycles. The van der Waals surface area contributed by atoms with Crippen LogP contribution in [0, 0.1) is 5.92 Å². The summed E-state index contributed by atoms with van der Waals surface area (Å²) in [5.41, 5.74) is 22.7. The molecule has 1 aromatic rings. The molecule has 0 saturated heterocycles. The third kappa shape index (κ3) is 20.9. The number of rotatable bonds is 29. The summed E-state index contributed by atoms with van der Waals surface area (Å²) in [6.45, 7) is 2.69. The molecule has 0 aromatic heterocycles. The van der Waals surface area contributed by atoms with E-state index in [9.17, 15) is 43.2 Å². The number of benzene rings is 1. The van der Waals surface area contributed by atoms with Gasteiger partial charge in [-0.1, -0.05) is 32.4 Å². The highest BCUT2D eigenvalue weighted by Crippen LogP contribution is 2.10. The van der Waals surface area contributed by atoms with Gasteiger partial charge in [0.15, 0.2) is 0 Å². The van der Waals surface area contributed by atoms with Crippen LogP contribution in [0.15, 0.2) is 24.3 Å². The molecule has 0 fully saturated rings. The van der Waals surface area contributed by atoms with Gasteiger partial charge in [0.05, 0.1) is 31.7 Å². The number of anilines is 1. The molecular formula is C37H62N12O9. The van der Waals surface area contributed by atoms with Gasteiger partial charge in [0.2, 0.25) is 47.3 Å². The van der Waals surface area contributed by atoms with E-state index in [1.165, 1.54) is 0 Å². The van der Waals surface area contributed by atoms with E-state index >= 15 is 0 Å². The van der Waals surface area contributed by atoms with Crippen molar-refractivity contribution in [3.63, 3.8) is 0 Å². The zero-order valence-electron chi connectivity index (χ0n) is 33.4. The van der Waals surface area contributed by atoms with Crippen LogP contribution in [-0.2, 0) is 38.4 Å². The predicted molar refractivity (Wildman–Crippen MR) is 215 cm³/mol. The first-order valence-corrected chi connectivity index (χ1v) is 19.4. The number of unbranched alkanes of at least 4 members (excludes halogenated alkanes) is 3. The first kappa shape index (κ1) is 50.2. The fourth-order valence-corrected chi connectivity index (χ4v) is 5.34. The fraction of sp³-hybridized carbons (Fsp3) is 0.595. The summed E-state index contributed by atoms with van der Waals surface area (Å²) in [4.78, 5) is 112. The van der Waals surface area contributed by atoms with Crippen molar-refractivity contribution in [1.82, 2.24) is 42.5 Å². The Morgan fingerprint density at radius 2 is 1.19 bits per heavy atom. The summed E-state index contributed by atoms with van der Waals surface area (Å²) in [5, 5.41) is 20.2. The maximum atomic E-state index is 13.1. The van der Waals surface area contributed by atoms with Crippen molar-refractivity contribution in [3.8, 4) is 0 Å². The SMILES string of the molecule is CCC(C)C(NC(=O)CNC(=O)C(CCCCN)NC(=O)CNC(=O)C(CCC(=O)NCCCCCNC(=O)c1ccccc1N)NC(=O)CN)C(=O)NCC(N)=O. The van der Waals surface area contributed by atoms with Gasteiger partial charge in [0.1, 0.15) is 18.1 Å². The zero-order valence-corrected chi connectivity index (χ0v) is 33.4. The number of hydrogen-bond acceptors (Lipinski definition) is 12. The van der Waals surface area contributed by atoms with Crippen LogP contribution in [0.1, 0.15) is 82.0 Å². The quantitative estimate of drug-likeness (QED) is 0.0277.